The lowest BCUT2D eigenvalue weighted by Crippen LogP contribution is -2.06. The summed E-state index contributed by atoms with van der Waals surface area (Å²) >= 11 is 0. The Kier molecular flexibility index (Phi) is 2.87. The molecule has 0 aliphatic heterocycles. The first-order valence-electron chi connectivity index (χ1n) is 5.49. The SMILES string of the molecule is FC(F)(F)c1nc(-c2cnc3n[nH]c(C(F)(F)F)c3c2)no1. The van der Waals surface area contributed by atoms with E-state index in [1.807, 2.05) is 0 Å². The molecule has 3 heterocycles. The Labute approximate surface area is 116 Å². The van der Waals surface area contributed by atoms with Crippen LogP contribution in [0.5, 0.6) is 0 Å². The van der Waals surface area contributed by atoms with Crippen molar-refractivity contribution in [3.8, 4) is 11.4 Å². The predicted octanol–water partition coefficient (Wildman–Crippen LogP) is 3.05. The van der Waals surface area contributed by atoms with Crippen LogP contribution < -0.4 is 0 Å². The number of hydrogen-bond donors (Lipinski definition) is 1. The van der Waals surface area contributed by atoms with Gasteiger partial charge >= 0.3 is 18.2 Å². The molecule has 0 aliphatic rings. The van der Waals surface area contributed by atoms with Gasteiger partial charge in [0.1, 0.15) is 5.69 Å². The lowest BCUT2D eigenvalue weighted by Gasteiger charge is -2.03. The fourth-order valence-electron chi connectivity index (χ4n) is 1.69. The maximum atomic E-state index is 12.7. The summed E-state index contributed by atoms with van der Waals surface area (Å²) in [6.45, 7) is 0. The predicted molar refractivity (Wildman–Crippen MR) is 57.2 cm³/mol. The molecule has 3 rings (SSSR count). The van der Waals surface area contributed by atoms with Crippen molar-refractivity contribution in [3.05, 3.63) is 23.8 Å². The number of H-pyrrole nitrogens is 1. The van der Waals surface area contributed by atoms with Crippen LogP contribution >= 0.6 is 0 Å². The van der Waals surface area contributed by atoms with E-state index in [1.54, 1.807) is 5.10 Å². The van der Waals surface area contributed by atoms with Crippen LogP contribution in [0.2, 0.25) is 0 Å². The fourth-order valence-corrected chi connectivity index (χ4v) is 1.69. The highest BCUT2D eigenvalue weighted by molar-refractivity contribution is 5.82. The molecule has 0 fully saturated rings. The maximum absolute atomic E-state index is 12.7. The number of nitrogens with one attached hydrogen (secondary N) is 1. The van der Waals surface area contributed by atoms with E-state index >= 15 is 0 Å². The second-order valence-corrected chi connectivity index (χ2v) is 4.11. The summed E-state index contributed by atoms with van der Waals surface area (Å²) in [6, 6.07) is 0.930. The number of alkyl halides is 6. The van der Waals surface area contributed by atoms with Crippen molar-refractivity contribution in [2.24, 2.45) is 0 Å². The summed E-state index contributed by atoms with van der Waals surface area (Å²) in [4.78, 5) is 6.70. The topological polar surface area (TPSA) is 80.5 Å². The Morgan fingerprint density at radius 2 is 1.77 bits per heavy atom. The van der Waals surface area contributed by atoms with Crippen LogP contribution in [-0.4, -0.2) is 25.3 Å². The molecule has 0 radical (unpaired) electrons. The molecule has 0 aromatic carbocycles. The largest absolute Gasteiger partial charge is 0.471 e. The van der Waals surface area contributed by atoms with E-state index in [0.717, 1.165) is 12.3 Å². The number of aromatic nitrogens is 5. The molecule has 0 amide bonds. The van der Waals surface area contributed by atoms with Gasteiger partial charge in [-0.3, -0.25) is 5.10 Å². The summed E-state index contributed by atoms with van der Waals surface area (Å²) < 4.78 is 79.4. The molecule has 1 N–H and O–H groups in total. The molecule has 3 aromatic rings. The summed E-state index contributed by atoms with van der Waals surface area (Å²) in [5.41, 5.74) is -1.58. The highest BCUT2D eigenvalue weighted by Crippen LogP contribution is 2.34. The Balaban J connectivity index is 2.10. The zero-order valence-corrected chi connectivity index (χ0v) is 10.1. The van der Waals surface area contributed by atoms with Crippen LogP contribution in [0.25, 0.3) is 22.4 Å². The van der Waals surface area contributed by atoms with Crippen LogP contribution in [0.1, 0.15) is 11.6 Å². The normalized spacial score (nSPS) is 13.0. The molecule has 0 saturated heterocycles. The zero-order valence-electron chi connectivity index (χ0n) is 10.1. The molecular weight excluding hydrogens is 320 g/mol. The second kappa shape index (κ2) is 4.42. The highest BCUT2D eigenvalue weighted by Gasteiger charge is 2.39. The third-order valence-corrected chi connectivity index (χ3v) is 2.62. The summed E-state index contributed by atoms with van der Waals surface area (Å²) in [6.07, 6.45) is -8.58. The Morgan fingerprint density at radius 3 is 2.36 bits per heavy atom. The number of nitrogens with zero attached hydrogens (tertiary/aromatic N) is 4. The average molecular weight is 323 g/mol. The first-order chi connectivity index (χ1) is 10.2. The molecule has 0 saturated carbocycles. The van der Waals surface area contributed by atoms with E-state index < -0.39 is 35.1 Å². The number of fused-ring (bicyclic) bond motifs is 1. The third kappa shape index (κ3) is 2.35. The first kappa shape index (κ1) is 14.3. The van der Waals surface area contributed by atoms with Crippen LogP contribution in [0.15, 0.2) is 16.8 Å². The van der Waals surface area contributed by atoms with Gasteiger partial charge in [0, 0.05) is 11.8 Å². The quantitative estimate of drug-likeness (QED) is 0.696. The lowest BCUT2D eigenvalue weighted by molar-refractivity contribution is -0.159. The standard InChI is InChI=1S/C10H3F6N5O/c11-9(12,13)5-4-1-3(2-17-7(4)20-19-5)6-18-8(22-21-6)10(14,15)16/h1-2H,(H,17,19,20). The van der Waals surface area contributed by atoms with Crippen molar-refractivity contribution in [2.75, 3.05) is 0 Å². The lowest BCUT2D eigenvalue weighted by atomic mass is 10.2. The van der Waals surface area contributed by atoms with E-state index in [9.17, 15) is 26.3 Å². The van der Waals surface area contributed by atoms with Gasteiger partial charge in [-0.2, -0.15) is 36.4 Å². The zero-order chi connectivity index (χ0) is 16.1. The molecule has 0 atom stereocenters. The highest BCUT2D eigenvalue weighted by atomic mass is 19.4. The van der Waals surface area contributed by atoms with Crippen molar-refractivity contribution in [1.29, 1.82) is 0 Å². The summed E-state index contributed by atoms with van der Waals surface area (Å²) in [7, 11) is 0. The van der Waals surface area contributed by atoms with Gasteiger partial charge in [-0.05, 0) is 6.07 Å². The van der Waals surface area contributed by atoms with Crippen molar-refractivity contribution >= 4 is 11.0 Å². The number of hydrogen-bond acceptors (Lipinski definition) is 5. The molecular formula is C10H3F6N5O. The molecule has 0 spiro atoms. The Morgan fingerprint density at radius 1 is 1.05 bits per heavy atom. The van der Waals surface area contributed by atoms with Crippen molar-refractivity contribution < 1.29 is 30.9 Å². The number of halogens is 6. The minimum atomic E-state index is -4.85. The van der Waals surface area contributed by atoms with Crippen LogP contribution in [0.4, 0.5) is 26.3 Å². The van der Waals surface area contributed by atoms with Crippen molar-refractivity contribution in [1.82, 2.24) is 25.3 Å². The van der Waals surface area contributed by atoms with Gasteiger partial charge in [-0.1, -0.05) is 5.16 Å². The molecule has 22 heavy (non-hydrogen) atoms. The van der Waals surface area contributed by atoms with E-state index in [4.69, 9.17) is 0 Å². The fraction of sp³-hybridized carbons (Fsp3) is 0.200. The van der Waals surface area contributed by atoms with Crippen molar-refractivity contribution in [3.63, 3.8) is 0 Å². The Hall–Kier alpha value is -2.66. The summed E-state index contributed by atoms with van der Waals surface area (Å²) in [5.74, 6) is -2.14. The second-order valence-electron chi connectivity index (χ2n) is 4.11. The van der Waals surface area contributed by atoms with Crippen LogP contribution in [-0.2, 0) is 12.4 Å². The van der Waals surface area contributed by atoms with E-state index in [2.05, 4.69) is 24.7 Å². The minimum absolute atomic E-state index is 0.168. The first-order valence-corrected chi connectivity index (χ1v) is 5.49. The van der Waals surface area contributed by atoms with Crippen LogP contribution in [0, 0.1) is 0 Å². The van der Waals surface area contributed by atoms with Crippen LogP contribution in [0.3, 0.4) is 0 Å². The molecule has 3 aromatic heterocycles. The molecule has 0 bridgehead atoms. The minimum Gasteiger partial charge on any atom is -0.329 e. The molecule has 6 nitrogen and oxygen atoms in total. The van der Waals surface area contributed by atoms with Gasteiger partial charge in [0.2, 0.25) is 5.82 Å². The Bertz CT molecular complexity index is 832. The van der Waals surface area contributed by atoms with E-state index in [0.29, 0.717) is 0 Å². The maximum Gasteiger partial charge on any atom is 0.471 e. The van der Waals surface area contributed by atoms with Gasteiger partial charge < -0.3 is 4.52 Å². The monoisotopic (exact) mass is 323 g/mol. The van der Waals surface area contributed by atoms with Gasteiger partial charge in [0.25, 0.3) is 0 Å². The smallest absolute Gasteiger partial charge is 0.329 e. The van der Waals surface area contributed by atoms with Gasteiger partial charge in [-0.25, -0.2) is 4.98 Å². The molecule has 116 valence electrons. The van der Waals surface area contributed by atoms with Gasteiger partial charge in [-0.15, -0.1) is 0 Å². The van der Waals surface area contributed by atoms with E-state index in [-0.39, 0.29) is 11.2 Å². The number of rotatable bonds is 1. The average Bonchev–Trinajstić information content (AvgIpc) is 3.03. The number of pyridine rings is 1. The summed E-state index contributed by atoms with van der Waals surface area (Å²) in [5, 5.41) is 7.81. The number of aromatic amines is 1. The van der Waals surface area contributed by atoms with Gasteiger partial charge in [0.15, 0.2) is 5.65 Å². The van der Waals surface area contributed by atoms with E-state index in [1.165, 1.54) is 0 Å². The van der Waals surface area contributed by atoms with Gasteiger partial charge in [0.05, 0.1) is 5.39 Å². The molecule has 12 heteroatoms. The van der Waals surface area contributed by atoms with Crippen molar-refractivity contribution in [2.45, 2.75) is 12.4 Å². The third-order valence-electron chi connectivity index (χ3n) is 2.62. The molecule has 0 unspecified atom stereocenters. The molecule has 0 aliphatic carbocycles.